The molecule has 0 radical (unpaired) electrons. The van der Waals surface area contributed by atoms with Gasteiger partial charge in [-0.15, -0.1) is 11.6 Å². The number of benzene rings is 2. The van der Waals surface area contributed by atoms with Gasteiger partial charge in [0.2, 0.25) is 0 Å². The van der Waals surface area contributed by atoms with Crippen LogP contribution in [0.15, 0.2) is 85.2 Å². The van der Waals surface area contributed by atoms with E-state index < -0.39 is 4.87 Å². The Bertz CT molecular complexity index is 569. The summed E-state index contributed by atoms with van der Waals surface area (Å²) >= 11 is 7.09. The van der Waals surface area contributed by atoms with Crippen molar-refractivity contribution in [3.8, 4) is 0 Å². The van der Waals surface area contributed by atoms with Crippen LogP contribution in [0, 0.1) is 0 Å². The molecule has 3 aromatic rings. The molecule has 0 saturated carbocycles. The molecule has 0 atom stereocenters. The summed E-state index contributed by atoms with van der Waals surface area (Å²) in [6.45, 7) is 0. The second-order valence-corrected chi connectivity index (χ2v) is 5.19. The van der Waals surface area contributed by atoms with Crippen LogP contribution in [-0.4, -0.2) is 4.98 Å². The van der Waals surface area contributed by atoms with Gasteiger partial charge in [0.25, 0.3) is 0 Å². The van der Waals surface area contributed by atoms with Crippen molar-refractivity contribution < 1.29 is 0 Å². The van der Waals surface area contributed by atoms with Crippen LogP contribution in [0.25, 0.3) is 0 Å². The Kier molecular flexibility index (Phi) is 3.53. The molecule has 0 N–H and O–H groups in total. The lowest BCUT2D eigenvalue weighted by Gasteiger charge is -2.29. The maximum Gasteiger partial charge on any atom is 0.119 e. The summed E-state index contributed by atoms with van der Waals surface area (Å²) in [5.74, 6) is 0. The van der Waals surface area contributed by atoms with E-state index >= 15 is 0 Å². The lowest BCUT2D eigenvalue weighted by Crippen LogP contribution is -2.22. The molecule has 1 heterocycles. The summed E-state index contributed by atoms with van der Waals surface area (Å²) in [7, 11) is 0. The summed E-state index contributed by atoms with van der Waals surface area (Å²) < 4.78 is 0. The van der Waals surface area contributed by atoms with Crippen LogP contribution in [0.5, 0.6) is 0 Å². The highest BCUT2D eigenvalue weighted by atomic mass is 35.5. The van der Waals surface area contributed by atoms with Crippen LogP contribution in [0.2, 0.25) is 0 Å². The number of nitrogens with zero attached hydrogens (tertiary/aromatic N) is 1. The summed E-state index contributed by atoms with van der Waals surface area (Å²) in [6, 6.07) is 24.2. The Morgan fingerprint density at radius 1 is 0.600 bits per heavy atom. The highest BCUT2D eigenvalue weighted by Gasteiger charge is 2.33. The number of aromatic nitrogens is 1. The highest BCUT2D eigenvalue weighted by Crippen LogP contribution is 2.42. The van der Waals surface area contributed by atoms with E-state index in [1.54, 1.807) is 12.4 Å². The van der Waals surface area contributed by atoms with Gasteiger partial charge in [-0.25, -0.2) is 0 Å². The zero-order chi connectivity index (χ0) is 13.8. The molecular weight excluding hydrogens is 266 g/mol. The van der Waals surface area contributed by atoms with E-state index in [-0.39, 0.29) is 0 Å². The van der Waals surface area contributed by atoms with Gasteiger partial charge in [0.05, 0.1) is 0 Å². The van der Waals surface area contributed by atoms with Crippen molar-refractivity contribution in [2.75, 3.05) is 0 Å². The molecule has 0 bridgehead atoms. The molecule has 0 fully saturated rings. The van der Waals surface area contributed by atoms with Crippen molar-refractivity contribution in [3.63, 3.8) is 0 Å². The second kappa shape index (κ2) is 5.48. The first-order chi connectivity index (χ1) is 9.82. The molecule has 1 aromatic heterocycles. The van der Waals surface area contributed by atoms with E-state index in [1.807, 2.05) is 48.5 Å². The maximum atomic E-state index is 7.09. The number of halogens is 1. The van der Waals surface area contributed by atoms with Gasteiger partial charge in [-0.3, -0.25) is 4.98 Å². The Morgan fingerprint density at radius 3 is 1.45 bits per heavy atom. The van der Waals surface area contributed by atoms with Gasteiger partial charge in [0.1, 0.15) is 4.87 Å². The first kappa shape index (κ1) is 12.9. The average molecular weight is 280 g/mol. The second-order valence-electron chi connectivity index (χ2n) is 4.63. The predicted molar refractivity (Wildman–Crippen MR) is 82.9 cm³/mol. The summed E-state index contributed by atoms with van der Waals surface area (Å²) in [6.07, 6.45) is 3.55. The quantitative estimate of drug-likeness (QED) is 0.638. The smallest absolute Gasteiger partial charge is 0.119 e. The SMILES string of the molecule is ClC(c1ccccc1)(c1ccccc1)c1ccncc1. The van der Waals surface area contributed by atoms with E-state index in [9.17, 15) is 0 Å². The summed E-state index contributed by atoms with van der Waals surface area (Å²) in [5.41, 5.74) is 3.13. The van der Waals surface area contributed by atoms with E-state index in [4.69, 9.17) is 11.6 Å². The molecule has 98 valence electrons. The van der Waals surface area contributed by atoms with Crippen LogP contribution in [0.3, 0.4) is 0 Å². The third-order valence-electron chi connectivity index (χ3n) is 3.42. The van der Waals surface area contributed by atoms with E-state index in [0.717, 1.165) is 16.7 Å². The Morgan fingerprint density at radius 2 is 1.00 bits per heavy atom. The lowest BCUT2D eigenvalue weighted by atomic mass is 9.85. The Balaban J connectivity index is 2.24. The van der Waals surface area contributed by atoms with Crippen molar-refractivity contribution in [2.24, 2.45) is 0 Å². The zero-order valence-corrected chi connectivity index (χ0v) is 11.7. The van der Waals surface area contributed by atoms with Gasteiger partial charge < -0.3 is 0 Å². The van der Waals surface area contributed by atoms with Crippen molar-refractivity contribution in [2.45, 2.75) is 4.87 Å². The minimum Gasteiger partial charge on any atom is -0.265 e. The number of hydrogen-bond donors (Lipinski definition) is 0. The lowest BCUT2D eigenvalue weighted by molar-refractivity contribution is 0.875. The van der Waals surface area contributed by atoms with Gasteiger partial charge >= 0.3 is 0 Å². The predicted octanol–water partition coefficient (Wildman–Crippen LogP) is 4.61. The molecule has 0 aliphatic rings. The zero-order valence-electron chi connectivity index (χ0n) is 10.9. The minimum absolute atomic E-state index is 0.689. The molecule has 0 amide bonds. The highest BCUT2D eigenvalue weighted by molar-refractivity contribution is 6.28. The van der Waals surface area contributed by atoms with Gasteiger partial charge in [0, 0.05) is 12.4 Å². The molecule has 3 rings (SSSR count). The summed E-state index contributed by atoms with van der Waals surface area (Å²) in [4.78, 5) is 3.40. The van der Waals surface area contributed by atoms with Crippen LogP contribution in [0.1, 0.15) is 16.7 Å². The van der Waals surface area contributed by atoms with Crippen molar-refractivity contribution in [3.05, 3.63) is 102 Å². The minimum atomic E-state index is -0.689. The fourth-order valence-electron chi connectivity index (χ4n) is 2.42. The van der Waals surface area contributed by atoms with Gasteiger partial charge in [-0.1, -0.05) is 60.7 Å². The topological polar surface area (TPSA) is 12.9 Å². The van der Waals surface area contributed by atoms with Crippen molar-refractivity contribution >= 4 is 11.6 Å². The molecular formula is C18H14ClN. The monoisotopic (exact) mass is 279 g/mol. The number of hydrogen-bond acceptors (Lipinski definition) is 1. The molecule has 2 heteroatoms. The standard InChI is InChI=1S/C18H14ClN/c19-18(15-7-3-1-4-8-15,16-9-5-2-6-10-16)17-11-13-20-14-12-17/h1-14H. The van der Waals surface area contributed by atoms with Gasteiger partial charge in [-0.2, -0.15) is 0 Å². The molecule has 0 aliphatic carbocycles. The van der Waals surface area contributed by atoms with Crippen LogP contribution in [-0.2, 0) is 4.87 Å². The Labute approximate surface area is 123 Å². The van der Waals surface area contributed by atoms with Gasteiger partial charge in [-0.05, 0) is 28.8 Å². The average Bonchev–Trinajstić information content (AvgIpc) is 2.56. The largest absolute Gasteiger partial charge is 0.265 e. The Hall–Kier alpha value is -2.12. The third kappa shape index (κ3) is 2.21. The molecule has 0 aliphatic heterocycles. The normalized spacial score (nSPS) is 11.2. The number of alkyl halides is 1. The molecule has 1 nitrogen and oxygen atoms in total. The van der Waals surface area contributed by atoms with Crippen molar-refractivity contribution in [1.29, 1.82) is 0 Å². The van der Waals surface area contributed by atoms with Gasteiger partial charge in [0.15, 0.2) is 0 Å². The molecule has 0 spiro atoms. The fraction of sp³-hybridized carbons (Fsp3) is 0.0556. The molecule has 0 saturated heterocycles. The summed E-state index contributed by atoms with van der Waals surface area (Å²) in [5, 5.41) is 0. The first-order valence-electron chi connectivity index (χ1n) is 6.52. The van der Waals surface area contributed by atoms with Crippen molar-refractivity contribution in [1.82, 2.24) is 4.98 Å². The fourth-order valence-corrected chi connectivity index (χ4v) is 2.80. The van der Waals surface area contributed by atoms with Crippen LogP contribution >= 0.6 is 11.6 Å². The maximum absolute atomic E-state index is 7.09. The first-order valence-corrected chi connectivity index (χ1v) is 6.90. The number of rotatable bonds is 3. The number of pyridine rings is 1. The van der Waals surface area contributed by atoms with E-state index in [0.29, 0.717) is 0 Å². The van der Waals surface area contributed by atoms with E-state index in [2.05, 4.69) is 29.2 Å². The molecule has 2 aromatic carbocycles. The third-order valence-corrected chi connectivity index (χ3v) is 4.08. The van der Waals surface area contributed by atoms with Crippen LogP contribution in [0.4, 0.5) is 0 Å². The van der Waals surface area contributed by atoms with Crippen LogP contribution < -0.4 is 0 Å². The van der Waals surface area contributed by atoms with E-state index in [1.165, 1.54) is 0 Å². The molecule has 20 heavy (non-hydrogen) atoms. The molecule has 0 unspecified atom stereocenters.